The van der Waals surface area contributed by atoms with Gasteiger partial charge in [0, 0.05) is 5.39 Å². The molecule has 2 N–H and O–H groups in total. The number of rotatable bonds is 4. The summed E-state index contributed by atoms with van der Waals surface area (Å²) in [5, 5.41) is 12.3. The largest absolute Gasteiger partial charge is 0.463 e. The van der Waals surface area contributed by atoms with Crippen molar-refractivity contribution < 1.29 is 14.3 Å². The van der Waals surface area contributed by atoms with Crippen molar-refractivity contribution in [3.05, 3.63) is 35.6 Å². The summed E-state index contributed by atoms with van der Waals surface area (Å²) in [6.07, 6.45) is 7.48. The molecule has 0 spiro atoms. The van der Waals surface area contributed by atoms with E-state index >= 15 is 0 Å². The molecule has 0 saturated carbocycles. The third kappa shape index (κ3) is 2.61. The topological polar surface area (TPSA) is 62.5 Å². The zero-order valence-electron chi connectivity index (χ0n) is 10.6. The quantitative estimate of drug-likeness (QED) is 0.820. The smallest absolute Gasteiger partial charge is 0.256 e. The first-order valence-electron chi connectivity index (χ1n) is 6.07. The predicted octanol–water partition coefficient (Wildman–Crippen LogP) is 1.72. The lowest BCUT2D eigenvalue weighted by atomic mass is 10.1. The molecule has 0 fully saturated rings. The van der Waals surface area contributed by atoms with Crippen LogP contribution >= 0.6 is 0 Å². The Morgan fingerprint density at radius 1 is 1.58 bits per heavy atom. The maximum absolute atomic E-state index is 12.1. The van der Waals surface area contributed by atoms with Crippen LogP contribution in [0.3, 0.4) is 0 Å². The van der Waals surface area contributed by atoms with Crippen LogP contribution in [0.4, 0.5) is 0 Å². The number of fused-ring (bicyclic) bond motifs is 1. The van der Waals surface area contributed by atoms with E-state index in [9.17, 15) is 4.79 Å². The molecule has 0 unspecified atom stereocenters. The molecule has 98 valence electrons. The van der Waals surface area contributed by atoms with Crippen molar-refractivity contribution >= 4 is 16.9 Å². The van der Waals surface area contributed by atoms with E-state index < -0.39 is 6.04 Å². The maximum Gasteiger partial charge on any atom is 0.256 e. The SMILES string of the molecule is C#C[C@H](CO)NC(=O)c1coc2ccc(CC)cc12. The number of furan rings is 1. The number of hydrogen-bond acceptors (Lipinski definition) is 3. The number of terminal acetylenes is 1. The summed E-state index contributed by atoms with van der Waals surface area (Å²) in [6.45, 7) is 1.75. The summed E-state index contributed by atoms with van der Waals surface area (Å²) < 4.78 is 5.34. The lowest BCUT2D eigenvalue weighted by Crippen LogP contribution is -2.36. The van der Waals surface area contributed by atoms with E-state index in [0.29, 0.717) is 11.1 Å². The Balaban J connectivity index is 2.34. The summed E-state index contributed by atoms with van der Waals surface area (Å²) in [5.74, 6) is 1.96. The Morgan fingerprint density at radius 3 is 3.00 bits per heavy atom. The van der Waals surface area contributed by atoms with Crippen molar-refractivity contribution in [2.24, 2.45) is 0 Å². The van der Waals surface area contributed by atoms with Gasteiger partial charge in [0.1, 0.15) is 17.9 Å². The van der Waals surface area contributed by atoms with E-state index in [2.05, 4.69) is 11.2 Å². The number of carbonyl (C=O) groups excluding carboxylic acids is 1. The van der Waals surface area contributed by atoms with Crippen molar-refractivity contribution in [2.45, 2.75) is 19.4 Å². The van der Waals surface area contributed by atoms with Crippen LogP contribution in [0.15, 0.2) is 28.9 Å². The van der Waals surface area contributed by atoms with Gasteiger partial charge in [0.25, 0.3) is 5.91 Å². The van der Waals surface area contributed by atoms with E-state index in [4.69, 9.17) is 15.9 Å². The molecule has 1 aromatic heterocycles. The molecule has 1 amide bonds. The van der Waals surface area contributed by atoms with Crippen LogP contribution in [0.2, 0.25) is 0 Å². The van der Waals surface area contributed by atoms with Gasteiger partial charge in [-0.05, 0) is 24.1 Å². The van der Waals surface area contributed by atoms with Crippen molar-refractivity contribution in [1.29, 1.82) is 0 Å². The lowest BCUT2D eigenvalue weighted by molar-refractivity contribution is 0.0932. The Hall–Kier alpha value is -2.25. The molecule has 1 aromatic carbocycles. The van der Waals surface area contributed by atoms with Crippen LogP contribution in [0.1, 0.15) is 22.8 Å². The van der Waals surface area contributed by atoms with Gasteiger partial charge in [0.2, 0.25) is 0 Å². The number of benzene rings is 1. The minimum Gasteiger partial charge on any atom is -0.463 e. The van der Waals surface area contributed by atoms with E-state index in [1.54, 1.807) is 0 Å². The molecule has 19 heavy (non-hydrogen) atoms. The van der Waals surface area contributed by atoms with Gasteiger partial charge in [0.05, 0.1) is 12.2 Å². The minimum absolute atomic E-state index is 0.293. The average Bonchev–Trinajstić information content (AvgIpc) is 2.87. The van der Waals surface area contributed by atoms with Crippen LogP contribution in [-0.4, -0.2) is 23.7 Å². The van der Waals surface area contributed by atoms with Crippen LogP contribution in [-0.2, 0) is 6.42 Å². The van der Waals surface area contributed by atoms with E-state index in [-0.39, 0.29) is 12.5 Å². The van der Waals surface area contributed by atoms with E-state index in [1.165, 1.54) is 6.26 Å². The zero-order valence-corrected chi connectivity index (χ0v) is 10.6. The summed E-state index contributed by atoms with van der Waals surface area (Å²) in [4.78, 5) is 12.1. The monoisotopic (exact) mass is 257 g/mol. The number of carbonyl (C=O) groups is 1. The molecule has 0 aliphatic carbocycles. The maximum atomic E-state index is 12.1. The molecule has 2 rings (SSSR count). The van der Waals surface area contributed by atoms with Gasteiger partial charge in [-0.1, -0.05) is 18.9 Å². The molecule has 4 nitrogen and oxygen atoms in total. The van der Waals surface area contributed by atoms with Crippen LogP contribution in [0.25, 0.3) is 11.0 Å². The van der Waals surface area contributed by atoms with Crippen molar-refractivity contribution in [2.75, 3.05) is 6.61 Å². The highest BCUT2D eigenvalue weighted by Crippen LogP contribution is 2.22. The average molecular weight is 257 g/mol. The van der Waals surface area contributed by atoms with Gasteiger partial charge >= 0.3 is 0 Å². The van der Waals surface area contributed by atoms with Gasteiger partial charge in [0.15, 0.2) is 0 Å². The summed E-state index contributed by atoms with van der Waals surface area (Å²) in [6, 6.07) is 5.05. The first-order chi connectivity index (χ1) is 9.19. The fraction of sp³-hybridized carbons (Fsp3) is 0.267. The Labute approximate surface area is 111 Å². The summed E-state index contributed by atoms with van der Waals surface area (Å²) in [7, 11) is 0. The van der Waals surface area contributed by atoms with Gasteiger partial charge < -0.3 is 14.8 Å². The van der Waals surface area contributed by atoms with Crippen molar-refractivity contribution in [1.82, 2.24) is 5.32 Å². The molecule has 0 radical (unpaired) electrons. The Morgan fingerprint density at radius 2 is 2.37 bits per heavy atom. The zero-order chi connectivity index (χ0) is 13.8. The molecule has 0 aliphatic heterocycles. The minimum atomic E-state index is -0.688. The van der Waals surface area contributed by atoms with Gasteiger partial charge in [-0.25, -0.2) is 0 Å². The number of amides is 1. The fourth-order valence-corrected chi connectivity index (χ4v) is 1.85. The van der Waals surface area contributed by atoms with Gasteiger partial charge in [-0.3, -0.25) is 4.79 Å². The highest BCUT2D eigenvalue weighted by atomic mass is 16.3. The highest BCUT2D eigenvalue weighted by molar-refractivity contribution is 6.06. The standard InChI is InChI=1S/C15H15NO3/c1-3-10-5-6-14-12(7-10)13(9-19-14)15(18)16-11(4-2)8-17/h2,5-7,9,11,17H,3,8H2,1H3,(H,16,18)/t11-/m1/s1. The molecule has 0 bridgehead atoms. The third-order valence-corrected chi connectivity index (χ3v) is 2.98. The van der Waals surface area contributed by atoms with Gasteiger partial charge in [-0.2, -0.15) is 0 Å². The molecular weight excluding hydrogens is 242 g/mol. The number of aliphatic hydroxyl groups is 1. The normalized spacial score (nSPS) is 12.1. The molecular formula is C15H15NO3. The van der Waals surface area contributed by atoms with Crippen LogP contribution in [0.5, 0.6) is 0 Å². The van der Waals surface area contributed by atoms with Crippen LogP contribution < -0.4 is 5.32 Å². The Kier molecular flexibility index (Phi) is 3.88. The first-order valence-corrected chi connectivity index (χ1v) is 6.07. The second-order valence-electron chi connectivity index (χ2n) is 4.21. The molecule has 1 atom stereocenters. The van der Waals surface area contributed by atoms with Gasteiger partial charge in [-0.15, -0.1) is 6.42 Å². The molecule has 0 saturated heterocycles. The number of hydrogen-bond donors (Lipinski definition) is 2. The highest BCUT2D eigenvalue weighted by Gasteiger charge is 2.16. The Bertz CT molecular complexity index is 636. The number of aliphatic hydroxyl groups excluding tert-OH is 1. The number of nitrogens with one attached hydrogen (secondary N) is 1. The second kappa shape index (κ2) is 5.59. The van der Waals surface area contributed by atoms with Crippen molar-refractivity contribution in [3.8, 4) is 12.3 Å². The predicted molar refractivity (Wildman–Crippen MR) is 72.8 cm³/mol. The van der Waals surface area contributed by atoms with E-state index in [0.717, 1.165) is 17.4 Å². The number of aryl methyl sites for hydroxylation is 1. The second-order valence-corrected chi connectivity index (χ2v) is 4.21. The molecule has 2 aromatic rings. The summed E-state index contributed by atoms with van der Waals surface area (Å²) in [5.41, 5.74) is 2.21. The lowest BCUT2D eigenvalue weighted by Gasteiger charge is -2.08. The third-order valence-electron chi connectivity index (χ3n) is 2.98. The molecule has 4 heteroatoms. The van der Waals surface area contributed by atoms with Crippen molar-refractivity contribution in [3.63, 3.8) is 0 Å². The first kappa shape index (κ1) is 13.2. The molecule has 1 heterocycles. The fourth-order valence-electron chi connectivity index (χ4n) is 1.85. The summed E-state index contributed by atoms with van der Waals surface area (Å²) >= 11 is 0. The van der Waals surface area contributed by atoms with E-state index in [1.807, 2.05) is 25.1 Å². The van der Waals surface area contributed by atoms with Crippen LogP contribution in [0, 0.1) is 12.3 Å². The molecule has 0 aliphatic rings.